The van der Waals surface area contributed by atoms with Gasteiger partial charge in [-0.1, -0.05) is 45.1 Å². The number of rotatable bonds is 2. The lowest BCUT2D eigenvalue weighted by Crippen LogP contribution is -2.49. The number of fused-ring (bicyclic) bond motifs is 1. The van der Waals surface area contributed by atoms with E-state index in [1.807, 2.05) is 32.9 Å². The lowest BCUT2D eigenvalue weighted by Gasteiger charge is -2.49. The van der Waals surface area contributed by atoms with E-state index in [0.29, 0.717) is 6.42 Å². The molecule has 19 heavy (non-hydrogen) atoms. The van der Waals surface area contributed by atoms with Gasteiger partial charge in [0.05, 0.1) is 13.5 Å². The Balaban J connectivity index is 2.40. The quantitative estimate of drug-likeness (QED) is 0.567. The van der Waals surface area contributed by atoms with Gasteiger partial charge in [0.1, 0.15) is 5.78 Å². The van der Waals surface area contributed by atoms with E-state index in [1.54, 1.807) is 0 Å². The third kappa shape index (κ3) is 2.15. The Hall–Kier alpha value is -1.38. The number of methoxy groups -OCH3 is 1. The van der Waals surface area contributed by atoms with Crippen molar-refractivity contribution >= 4 is 11.8 Å². The van der Waals surface area contributed by atoms with Gasteiger partial charge in [0.25, 0.3) is 0 Å². The second-order valence-electron chi connectivity index (χ2n) is 6.30. The second-order valence-corrected chi connectivity index (χ2v) is 6.30. The van der Waals surface area contributed by atoms with Gasteiger partial charge in [0.15, 0.2) is 0 Å². The molecule has 0 radical (unpaired) electrons. The molecule has 2 aliphatic rings. The van der Waals surface area contributed by atoms with Gasteiger partial charge in [-0.3, -0.25) is 9.59 Å². The highest BCUT2D eigenvalue weighted by Crippen LogP contribution is 2.53. The Morgan fingerprint density at radius 3 is 2.74 bits per heavy atom. The average Bonchev–Trinajstić information content (AvgIpc) is 2.35. The van der Waals surface area contributed by atoms with E-state index >= 15 is 0 Å². The lowest BCUT2D eigenvalue weighted by molar-refractivity contribution is -0.146. The monoisotopic (exact) mass is 262 g/mol. The minimum atomic E-state index is -0.397. The highest BCUT2D eigenvalue weighted by Gasteiger charge is 2.52. The van der Waals surface area contributed by atoms with Crippen LogP contribution in [0.25, 0.3) is 0 Å². The molecule has 0 fully saturated rings. The van der Waals surface area contributed by atoms with Crippen LogP contribution in [0.3, 0.4) is 0 Å². The maximum Gasteiger partial charge on any atom is 0.306 e. The molecule has 0 saturated carbocycles. The van der Waals surface area contributed by atoms with Gasteiger partial charge in [-0.15, -0.1) is 0 Å². The van der Waals surface area contributed by atoms with Gasteiger partial charge in [0, 0.05) is 16.7 Å². The molecule has 3 heteroatoms. The Labute approximate surface area is 114 Å². The number of allylic oxidation sites excluding steroid dienone is 4. The van der Waals surface area contributed by atoms with Crippen LogP contribution in [-0.4, -0.2) is 18.9 Å². The number of hydrogen-bond donors (Lipinski definition) is 0. The molecule has 0 bridgehead atoms. The maximum absolute atomic E-state index is 12.5. The second kappa shape index (κ2) is 4.62. The normalized spacial score (nSPS) is 40.9. The van der Waals surface area contributed by atoms with Gasteiger partial charge in [-0.25, -0.2) is 0 Å². The largest absolute Gasteiger partial charge is 0.469 e. The summed E-state index contributed by atoms with van der Waals surface area (Å²) in [6.45, 7) is 6.01. The summed E-state index contributed by atoms with van der Waals surface area (Å²) in [5.41, 5.74) is -0.738. The molecule has 4 atom stereocenters. The highest BCUT2D eigenvalue weighted by atomic mass is 16.5. The summed E-state index contributed by atoms with van der Waals surface area (Å²) in [4.78, 5) is 24.2. The zero-order chi connectivity index (χ0) is 14.3. The highest BCUT2D eigenvalue weighted by molar-refractivity contribution is 5.90. The zero-order valence-electron chi connectivity index (χ0n) is 12.1. The topological polar surface area (TPSA) is 43.4 Å². The predicted octanol–water partition coefficient (Wildman–Crippen LogP) is 2.91. The molecule has 0 aromatic carbocycles. The SMILES string of the molecule is COC(=O)CC1(C)C=CCC2(C)C(=O)C(C)C=CC12. The summed E-state index contributed by atoms with van der Waals surface area (Å²) in [6.07, 6.45) is 9.28. The molecule has 3 nitrogen and oxygen atoms in total. The summed E-state index contributed by atoms with van der Waals surface area (Å²) in [5, 5.41) is 0. The van der Waals surface area contributed by atoms with E-state index in [4.69, 9.17) is 4.74 Å². The molecule has 0 spiro atoms. The summed E-state index contributed by atoms with van der Waals surface area (Å²) in [6, 6.07) is 0. The average molecular weight is 262 g/mol. The van der Waals surface area contributed by atoms with Crippen molar-refractivity contribution in [2.75, 3.05) is 7.11 Å². The molecule has 0 amide bonds. The third-order valence-electron chi connectivity index (χ3n) is 4.76. The van der Waals surface area contributed by atoms with Crippen LogP contribution in [0.15, 0.2) is 24.3 Å². The van der Waals surface area contributed by atoms with Crippen LogP contribution in [0, 0.1) is 22.7 Å². The van der Waals surface area contributed by atoms with Crippen molar-refractivity contribution in [3.63, 3.8) is 0 Å². The number of carbonyl (C=O) groups is 2. The first-order chi connectivity index (χ1) is 8.83. The first-order valence-corrected chi connectivity index (χ1v) is 6.80. The van der Waals surface area contributed by atoms with Gasteiger partial charge in [-0.05, 0) is 12.3 Å². The smallest absolute Gasteiger partial charge is 0.306 e. The summed E-state index contributed by atoms with van der Waals surface area (Å²) >= 11 is 0. The first kappa shape index (κ1) is 14.0. The maximum atomic E-state index is 12.5. The Morgan fingerprint density at radius 1 is 1.42 bits per heavy atom. The molecule has 0 aliphatic heterocycles. The van der Waals surface area contributed by atoms with Gasteiger partial charge < -0.3 is 4.74 Å². The van der Waals surface area contributed by atoms with Crippen LogP contribution < -0.4 is 0 Å². The summed E-state index contributed by atoms with van der Waals surface area (Å²) in [7, 11) is 1.40. The standard InChI is InChI=1S/C16H22O3/c1-11-6-7-12-15(2,10-13(17)19-4)8-5-9-16(12,3)14(11)18/h5-8,11-12H,9-10H2,1-4H3. The van der Waals surface area contributed by atoms with Crippen LogP contribution in [0.2, 0.25) is 0 Å². The van der Waals surface area contributed by atoms with Gasteiger partial charge in [0.2, 0.25) is 0 Å². The van der Waals surface area contributed by atoms with Crippen molar-refractivity contribution in [1.29, 1.82) is 0 Å². The first-order valence-electron chi connectivity index (χ1n) is 6.80. The van der Waals surface area contributed by atoms with Gasteiger partial charge in [-0.2, -0.15) is 0 Å². The van der Waals surface area contributed by atoms with Crippen molar-refractivity contribution in [2.24, 2.45) is 22.7 Å². The van der Waals surface area contributed by atoms with E-state index in [-0.39, 0.29) is 29.0 Å². The van der Waals surface area contributed by atoms with Crippen LogP contribution >= 0.6 is 0 Å². The summed E-state index contributed by atoms with van der Waals surface area (Å²) in [5.74, 6) is 0.0826. The van der Waals surface area contributed by atoms with Crippen molar-refractivity contribution in [3.05, 3.63) is 24.3 Å². The number of Topliss-reactive ketones (excluding diaryl/α,β-unsaturated/α-hetero) is 1. The van der Waals surface area contributed by atoms with Crippen molar-refractivity contribution in [1.82, 2.24) is 0 Å². The Bertz CT molecular complexity index is 463. The number of hydrogen-bond acceptors (Lipinski definition) is 3. The third-order valence-corrected chi connectivity index (χ3v) is 4.76. The molecule has 4 unspecified atom stereocenters. The Morgan fingerprint density at radius 2 is 2.11 bits per heavy atom. The predicted molar refractivity (Wildman–Crippen MR) is 73.4 cm³/mol. The summed E-state index contributed by atoms with van der Waals surface area (Å²) < 4.78 is 4.80. The molecular formula is C16H22O3. The van der Waals surface area contributed by atoms with Crippen molar-refractivity contribution in [3.8, 4) is 0 Å². The van der Waals surface area contributed by atoms with E-state index in [2.05, 4.69) is 12.2 Å². The van der Waals surface area contributed by atoms with E-state index in [0.717, 1.165) is 6.42 Å². The molecule has 2 aliphatic carbocycles. The Kier molecular flexibility index (Phi) is 3.41. The van der Waals surface area contributed by atoms with E-state index in [1.165, 1.54) is 7.11 Å². The zero-order valence-corrected chi connectivity index (χ0v) is 12.1. The number of carbonyl (C=O) groups excluding carboxylic acids is 2. The molecule has 0 heterocycles. The van der Waals surface area contributed by atoms with Crippen LogP contribution in [0.1, 0.15) is 33.6 Å². The van der Waals surface area contributed by atoms with E-state index in [9.17, 15) is 9.59 Å². The van der Waals surface area contributed by atoms with Crippen LogP contribution in [0.4, 0.5) is 0 Å². The minimum Gasteiger partial charge on any atom is -0.469 e. The minimum absolute atomic E-state index is 0.0323. The van der Waals surface area contributed by atoms with Gasteiger partial charge >= 0.3 is 5.97 Å². The molecular weight excluding hydrogens is 240 g/mol. The fourth-order valence-electron chi connectivity index (χ4n) is 3.65. The fraction of sp³-hybridized carbons (Fsp3) is 0.625. The fourth-order valence-corrected chi connectivity index (χ4v) is 3.65. The van der Waals surface area contributed by atoms with E-state index < -0.39 is 5.41 Å². The number of ketones is 1. The molecule has 2 rings (SSSR count). The molecule has 0 aromatic heterocycles. The number of esters is 1. The molecule has 0 N–H and O–H groups in total. The molecule has 104 valence electrons. The molecule has 0 aromatic rings. The van der Waals surface area contributed by atoms with Crippen molar-refractivity contribution < 1.29 is 14.3 Å². The lowest BCUT2D eigenvalue weighted by atomic mass is 9.53. The van der Waals surface area contributed by atoms with Crippen LogP contribution in [0.5, 0.6) is 0 Å². The van der Waals surface area contributed by atoms with Crippen LogP contribution in [-0.2, 0) is 14.3 Å². The molecule has 0 saturated heterocycles. The van der Waals surface area contributed by atoms with Crippen molar-refractivity contribution in [2.45, 2.75) is 33.6 Å². The number of ether oxygens (including phenoxy) is 1.